The molecule has 1 aliphatic heterocycles. The van der Waals surface area contributed by atoms with Crippen LogP contribution in [0, 0.1) is 0 Å². The van der Waals surface area contributed by atoms with E-state index in [0.717, 1.165) is 55.2 Å². The first-order valence-electron chi connectivity index (χ1n) is 8.10. The fraction of sp³-hybridized carbons (Fsp3) is 0.353. The number of hydrogen-bond acceptors (Lipinski definition) is 6. The van der Waals surface area contributed by atoms with E-state index >= 15 is 0 Å². The average Bonchev–Trinajstić information content (AvgIpc) is 3.07. The van der Waals surface area contributed by atoms with Crippen LogP contribution in [0.5, 0.6) is 0 Å². The Morgan fingerprint density at radius 1 is 1.08 bits per heavy atom. The molecule has 1 saturated heterocycles. The van der Waals surface area contributed by atoms with Crippen molar-refractivity contribution >= 4 is 28.5 Å². The predicted molar refractivity (Wildman–Crippen MR) is 94.4 cm³/mol. The maximum Gasteiger partial charge on any atom is 0.263 e. The normalized spacial score (nSPS) is 16.0. The molecule has 0 saturated carbocycles. The molecule has 0 radical (unpaired) electrons. The summed E-state index contributed by atoms with van der Waals surface area (Å²) in [4.78, 5) is 13.5. The first kappa shape index (κ1) is 15.4. The Morgan fingerprint density at radius 3 is 2.54 bits per heavy atom. The van der Waals surface area contributed by atoms with Crippen LogP contribution in [0.3, 0.4) is 0 Å². The van der Waals surface area contributed by atoms with E-state index in [9.17, 15) is 0 Å². The van der Waals surface area contributed by atoms with E-state index < -0.39 is 0 Å². The third-order valence-electron chi connectivity index (χ3n) is 4.49. The molecule has 0 N–H and O–H groups in total. The van der Waals surface area contributed by atoms with Crippen molar-refractivity contribution in [2.45, 2.75) is 6.92 Å². The standard InChI is InChI=1S/C17H18ClN5O/c1-2-22-7-9-23(10-8-22)16-14-15(12-3-5-13(18)6-4-12)21-24-17(14)20-11-19-16/h3-6,11H,2,7-10H2,1H3. The van der Waals surface area contributed by atoms with Gasteiger partial charge >= 0.3 is 0 Å². The van der Waals surface area contributed by atoms with Crippen molar-refractivity contribution in [1.82, 2.24) is 20.0 Å². The van der Waals surface area contributed by atoms with Crippen LogP contribution in [-0.2, 0) is 0 Å². The number of benzene rings is 1. The van der Waals surface area contributed by atoms with Crippen LogP contribution in [0.1, 0.15) is 6.92 Å². The average molecular weight is 344 g/mol. The number of aromatic nitrogens is 3. The van der Waals surface area contributed by atoms with E-state index in [0.29, 0.717) is 10.7 Å². The van der Waals surface area contributed by atoms with E-state index in [1.54, 1.807) is 6.33 Å². The fourth-order valence-electron chi connectivity index (χ4n) is 3.09. The molecular weight excluding hydrogens is 326 g/mol. The van der Waals surface area contributed by atoms with Gasteiger partial charge in [0.15, 0.2) is 0 Å². The Morgan fingerprint density at radius 2 is 1.83 bits per heavy atom. The molecular formula is C17H18ClN5O. The third kappa shape index (κ3) is 2.72. The minimum absolute atomic E-state index is 0.517. The minimum atomic E-state index is 0.517. The lowest BCUT2D eigenvalue weighted by atomic mass is 10.1. The lowest BCUT2D eigenvalue weighted by Crippen LogP contribution is -2.46. The first-order valence-corrected chi connectivity index (χ1v) is 8.47. The summed E-state index contributed by atoms with van der Waals surface area (Å²) in [5.41, 5.74) is 2.22. The second-order valence-corrected chi connectivity index (χ2v) is 6.27. The lowest BCUT2D eigenvalue weighted by molar-refractivity contribution is 0.271. The number of rotatable bonds is 3. The molecule has 3 heterocycles. The number of anilines is 1. The van der Waals surface area contributed by atoms with Crippen molar-refractivity contribution < 1.29 is 4.52 Å². The van der Waals surface area contributed by atoms with Crippen LogP contribution >= 0.6 is 11.6 Å². The molecule has 1 aromatic carbocycles. The van der Waals surface area contributed by atoms with Gasteiger partial charge in [-0.1, -0.05) is 35.8 Å². The van der Waals surface area contributed by atoms with Crippen LogP contribution in [-0.4, -0.2) is 52.7 Å². The van der Waals surface area contributed by atoms with Gasteiger partial charge in [-0.05, 0) is 18.7 Å². The summed E-state index contributed by atoms with van der Waals surface area (Å²) in [5, 5.41) is 5.78. The first-order chi connectivity index (χ1) is 11.8. The van der Waals surface area contributed by atoms with Crippen LogP contribution in [0.15, 0.2) is 35.1 Å². The molecule has 0 unspecified atom stereocenters. The molecule has 6 nitrogen and oxygen atoms in total. The van der Waals surface area contributed by atoms with Gasteiger partial charge in [0.25, 0.3) is 5.71 Å². The summed E-state index contributed by atoms with van der Waals surface area (Å²) in [6.45, 7) is 7.21. The maximum absolute atomic E-state index is 5.99. The zero-order valence-corrected chi connectivity index (χ0v) is 14.2. The smallest absolute Gasteiger partial charge is 0.263 e. The highest BCUT2D eigenvalue weighted by atomic mass is 35.5. The van der Waals surface area contributed by atoms with Crippen LogP contribution in [0.25, 0.3) is 22.4 Å². The zero-order chi connectivity index (χ0) is 16.5. The van der Waals surface area contributed by atoms with Gasteiger partial charge in [-0.3, -0.25) is 0 Å². The third-order valence-corrected chi connectivity index (χ3v) is 4.74. The second kappa shape index (κ2) is 6.37. The molecule has 4 rings (SSSR count). The van der Waals surface area contributed by atoms with E-state index in [4.69, 9.17) is 16.1 Å². The molecule has 1 aliphatic rings. The predicted octanol–water partition coefficient (Wildman–Crippen LogP) is 3.08. The Balaban J connectivity index is 1.76. The summed E-state index contributed by atoms with van der Waals surface area (Å²) in [6.07, 6.45) is 1.54. The molecule has 2 aromatic heterocycles. The summed E-state index contributed by atoms with van der Waals surface area (Å²) in [7, 11) is 0. The Labute approximate surface area is 145 Å². The number of hydrogen-bond donors (Lipinski definition) is 0. The van der Waals surface area contributed by atoms with E-state index in [-0.39, 0.29) is 0 Å². The number of nitrogens with zero attached hydrogens (tertiary/aromatic N) is 5. The highest BCUT2D eigenvalue weighted by molar-refractivity contribution is 6.30. The van der Waals surface area contributed by atoms with E-state index in [1.807, 2.05) is 24.3 Å². The monoisotopic (exact) mass is 343 g/mol. The van der Waals surface area contributed by atoms with E-state index in [1.165, 1.54) is 0 Å². The van der Waals surface area contributed by atoms with Gasteiger partial charge in [-0.2, -0.15) is 4.98 Å². The van der Waals surface area contributed by atoms with E-state index in [2.05, 4.69) is 31.8 Å². The van der Waals surface area contributed by atoms with Gasteiger partial charge in [-0.25, -0.2) is 4.98 Å². The molecule has 24 heavy (non-hydrogen) atoms. The topological polar surface area (TPSA) is 58.3 Å². The summed E-state index contributed by atoms with van der Waals surface area (Å²) < 4.78 is 5.44. The molecule has 3 aromatic rings. The van der Waals surface area contributed by atoms with Gasteiger partial charge in [0.05, 0.1) is 0 Å². The van der Waals surface area contributed by atoms with Gasteiger partial charge in [0, 0.05) is 36.8 Å². The highest BCUT2D eigenvalue weighted by Crippen LogP contribution is 2.33. The number of piperazine rings is 1. The van der Waals surface area contributed by atoms with Crippen molar-refractivity contribution in [1.29, 1.82) is 0 Å². The van der Waals surface area contributed by atoms with Crippen molar-refractivity contribution in [2.24, 2.45) is 0 Å². The highest BCUT2D eigenvalue weighted by Gasteiger charge is 2.23. The van der Waals surface area contributed by atoms with Crippen molar-refractivity contribution in [3.8, 4) is 11.3 Å². The number of fused-ring (bicyclic) bond motifs is 1. The number of halogens is 1. The largest absolute Gasteiger partial charge is 0.353 e. The van der Waals surface area contributed by atoms with Gasteiger partial charge in [0.2, 0.25) is 0 Å². The van der Waals surface area contributed by atoms with Crippen LogP contribution in [0.2, 0.25) is 5.02 Å². The Hall–Kier alpha value is -2.18. The summed E-state index contributed by atoms with van der Waals surface area (Å²) in [5.74, 6) is 0.891. The van der Waals surface area contributed by atoms with Gasteiger partial charge in [0.1, 0.15) is 23.2 Å². The molecule has 124 valence electrons. The fourth-order valence-corrected chi connectivity index (χ4v) is 3.22. The van der Waals surface area contributed by atoms with Crippen LogP contribution in [0.4, 0.5) is 5.82 Å². The van der Waals surface area contributed by atoms with Crippen molar-refractivity contribution in [2.75, 3.05) is 37.6 Å². The lowest BCUT2D eigenvalue weighted by Gasteiger charge is -2.34. The SMILES string of the molecule is CCN1CCN(c2ncnc3onc(-c4ccc(Cl)cc4)c23)CC1. The summed E-state index contributed by atoms with van der Waals surface area (Å²) in [6, 6.07) is 7.57. The maximum atomic E-state index is 5.99. The van der Waals surface area contributed by atoms with Crippen LogP contribution < -0.4 is 4.90 Å². The Kier molecular flexibility index (Phi) is 4.08. The molecule has 0 spiro atoms. The van der Waals surface area contributed by atoms with Gasteiger partial charge < -0.3 is 14.3 Å². The number of likely N-dealkylation sites (N-methyl/N-ethyl adjacent to an activating group) is 1. The second-order valence-electron chi connectivity index (χ2n) is 5.84. The molecule has 0 bridgehead atoms. The molecule has 1 fully saturated rings. The zero-order valence-electron chi connectivity index (χ0n) is 13.4. The Bertz CT molecular complexity index is 840. The van der Waals surface area contributed by atoms with Gasteiger partial charge in [-0.15, -0.1) is 0 Å². The molecule has 7 heteroatoms. The minimum Gasteiger partial charge on any atom is -0.353 e. The summed E-state index contributed by atoms with van der Waals surface area (Å²) >= 11 is 5.99. The molecule has 0 atom stereocenters. The quantitative estimate of drug-likeness (QED) is 0.728. The molecule has 0 aliphatic carbocycles. The van der Waals surface area contributed by atoms with Crippen molar-refractivity contribution in [3.05, 3.63) is 35.6 Å². The molecule has 0 amide bonds. The van der Waals surface area contributed by atoms with Crippen molar-refractivity contribution in [3.63, 3.8) is 0 Å².